The zero-order valence-corrected chi connectivity index (χ0v) is 22.0. The van der Waals surface area contributed by atoms with Gasteiger partial charge in [0.2, 0.25) is 5.91 Å². The molecule has 1 aliphatic heterocycles. The number of pyridine rings is 2. The molecular formula is C25H32F2N7O2P. The number of hydrogen-bond donors (Lipinski definition) is 4. The number of fused-ring (bicyclic) bond motifs is 1. The van der Waals surface area contributed by atoms with Gasteiger partial charge in [-0.2, -0.15) is 0 Å². The van der Waals surface area contributed by atoms with Gasteiger partial charge in [0.05, 0.1) is 12.2 Å². The Hall–Kier alpha value is -3.33. The van der Waals surface area contributed by atoms with Crippen LogP contribution < -0.4 is 16.0 Å². The molecule has 3 amide bonds. The fraction of sp³-hybridized carbons (Fsp3) is 0.440. The van der Waals surface area contributed by atoms with Crippen molar-refractivity contribution in [2.45, 2.75) is 44.9 Å². The summed E-state index contributed by atoms with van der Waals surface area (Å²) in [5, 5.41) is 9.25. The number of nitrogens with one attached hydrogen (secondary N) is 4. The Balaban J connectivity index is 1.50. The second-order valence-corrected chi connectivity index (χ2v) is 10.4. The average molecular weight is 532 g/mol. The molecule has 37 heavy (non-hydrogen) atoms. The standard InChI is InChI=1S/C25H32F2N7O2P/c1-15(2)21(23(35)32-14-25(26,27)37)33-18-8-17(11-28-12-18)20-13-30-22-19(20)7-16(9-29-22)10-31-24(36)34-5-3-4-6-34/h7-9,11-13,15,21,33H,3-6,10,14,37H2,1-2H3,(H,29,30)(H,31,36)(H,32,35). The third kappa shape index (κ3) is 6.91. The molecule has 0 bridgehead atoms. The van der Waals surface area contributed by atoms with Gasteiger partial charge in [-0.05, 0) is 36.5 Å². The Morgan fingerprint density at radius 2 is 1.92 bits per heavy atom. The molecule has 12 heteroatoms. The number of H-pyrrole nitrogens is 1. The van der Waals surface area contributed by atoms with Crippen molar-refractivity contribution in [3.63, 3.8) is 0 Å². The second kappa shape index (κ2) is 11.4. The van der Waals surface area contributed by atoms with Crippen molar-refractivity contribution >= 4 is 37.9 Å². The maximum atomic E-state index is 13.2. The number of nitrogens with zero attached hydrogens (tertiary/aromatic N) is 3. The molecule has 1 fully saturated rings. The van der Waals surface area contributed by atoms with Crippen LogP contribution in [0.5, 0.6) is 0 Å². The van der Waals surface area contributed by atoms with E-state index in [1.54, 1.807) is 18.6 Å². The maximum absolute atomic E-state index is 13.2. The van der Waals surface area contributed by atoms with Crippen molar-refractivity contribution < 1.29 is 18.4 Å². The topological polar surface area (TPSA) is 115 Å². The van der Waals surface area contributed by atoms with Crippen LogP contribution in [0.2, 0.25) is 0 Å². The highest BCUT2D eigenvalue weighted by atomic mass is 31.0. The van der Waals surface area contributed by atoms with E-state index in [1.807, 2.05) is 37.1 Å². The molecule has 2 unspecified atom stereocenters. The summed E-state index contributed by atoms with van der Waals surface area (Å²) in [5.74, 6) is -0.670. The number of halogens is 2. The van der Waals surface area contributed by atoms with Gasteiger partial charge in [0.15, 0.2) is 0 Å². The summed E-state index contributed by atoms with van der Waals surface area (Å²) < 4.78 is 26.4. The van der Waals surface area contributed by atoms with Gasteiger partial charge in [-0.1, -0.05) is 23.1 Å². The number of amides is 3. The lowest BCUT2D eigenvalue weighted by atomic mass is 10.0. The predicted octanol–water partition coefficient (Wildman–Crippen LogP) is 3.95. The summed E-state index contributed by atoms with van der Waals surface area (Å²) in [6.07, 6.45) is 8.92. The first-order valence-corrected chi connectivity index (χ1v) is 12.8. The highest BCUT2D eigenvalue weighted by Crippen LogP contribution is 2.30. The molecule has 1 saturated heterocycles. The van der Waals surface area contributed by atoms with Crippen molar-refractivity contribution in [2.75, 3.05) is 25.0 Å². The zero-order chi connectivity index (χ0) is 26.6. The van der Waals surface area contributed by atoms with Crippen LogP contribution in [0.3, 0.4) is 0 Å². The largest absolute Gasteiger partial charge is 0.372 e. The number of alkyl halides is 2. The number of rotatable bonds is 9. The van der Waals surface area contributed by atoms with E-state index in [4.69, 9.17) is 0 Å². The second-order valence-electron chi connectivity index (χ2n) is 9.60. The molecule has 198 valence electrons. The number of carbonyl (C=O) groups is 2. The van der Waals surface area contributed by atoms with Crippen LogP contribution in [-0.4, -0.2) is 63.1 Å². The van der Waals surface area contributed by atoms with Gasteiger partial charge in [0.25, 0.3) is 5.66 Å². The third-order valence-electron chi connectivity index (χ3n) is 6.24. The number of likely N-dealkylation sites (tertiary alicyclic amines) is 1. The van der Waals surface area contributed by atoms with Gasteiger partial charge in [-0.25, -0.2) is 18.6 Å². The van der Waals surface area contributed by atoms with E-state index in [9.17, 15) is 18.4 Å². The fourth-order valence-electron chi connectivity index (χ4n) is 4.29. The van der Waals surface area contributed by atoms with Crippen LogP contribution in [0.1, 0.15) is 32.3 Å². The van der Waals surface area contributed by atoms with Crippen molar-refractivity contribution in [1.82, 2.24) is 30.5 Å². The van der Waals surface area contributed by atoms with Crippen LogP contribution in [0, 0.1) is 5.92 Å². The van der Waals surface area contributed by atoms with Gasteiger partial charge in [-0.15, -0.1) is 0 Å². The van der Waals surface area contributed by atoms with Crippen molar-refractivity contribution in [2.24, 2.45) is 5.92 Å². The van der Waals surface area contributed by atoms with Crippen LogP contribution in [0.25, 0.3) is 22.2 Å². The van der Waals surface area contributed by atoms with Gasteiger partial charge in [0, 0.05) is 60.9 Å². The first-order valence-electron chi connectivity index (χ1n) is 12.3. The number of hydrogen-bond acceptors (Lipinski definition) is 5. The third-order valence-corrected chi connectivity index (χ3v) is 6.45. The van der Waals surface area contributed by atoms with Gasteiger partial charge in [-0.3, -0.25) is 9.78 Å². The van der Waals surface area contributed by atoms with Crippen LogP contribution in [0.15, 0.2) is 36.9 Å². The summed E-state index contributed by atoms with van der Waals surface area (Å²) in [5.41, 5.74) is 0.722. The SMILES string of the molecule is CC(C)C(Nc1cncc(-c2c[nH]c3ncc(CNC(=O)N4CCCC4)cc23)c1)C(=O)NCC(F)(F)P. The van der Waals surface area contributed by atoms with E-state index in [1.165, 1.54) is 9.24 Å². The lowest BCUT2D eigenvalue weighted by Gasteiger charge is -2.23. The van der Waals surface area contributed by atoms with Gasteiger partial charge < -0.3 is 25.8 Å². The molecule has 0 saturated carbocycles. The van der Waals surface area contributed by atoms with E-state index < -0.39 is 24.2 Å². The number of aromatic amines is 1. The molecule has 0 aromatic carbocycles. The highest BCUT2D eigenvalue weighted by molar-refractivity contribution is 7.18. The number of carbonyl (C=O) groups excluding carboxylic acids is 2. The summed E-state index contributed by atoms with van der Waals surface area (Å²) in [4.78, 5) is 38.7. The molecule has 9 nitrogen and oxygen atoms in total. The van der Waals surface area contributed by atoms with Gasteiger partial charge in [0.1, 0.15) is 11.7 Å². The summed E-state index contributed by atoms with van der Waals surface area (Å²) in [6, 6.07) is 3.04. The van der Waals surface area contributed by atoms with Crippen molar-refractivity contribution in [3.8, 4) is 11.1 Å². The summed E-state index contributed by atoms with van der Waals surface area (Å²) in [7, 11) is 1.42. The van der Waals surface area contributed by atoms with E-state index >= 15 is 0 Å². The van der Waals surface area contributed by atoms with Crippen LogP contribution in [-0.2, 0) is 11.3 Å². The first kappa shape index (κ1) is 26.7. The van der Waals surface area contributed by atoms with Crippen LogP contribution in [0.4, 0.5) is 19.3 Å². The normalized spacial score (nSPS) is 14.7. The average Bonchev–Trinajstić information content (AvgIpc) is 3.54. The molecule has 0 radical (unpaired) electrons. The molecule has 3 aromatic rings. The summed E-state index contributed by atoms with van der Waals surface area (Å²) >= 11 is 0. The van der Waals surface area contributed by atoms with E-state index in [0.29, 0.717) is 17.9 Å². The Morgan fingerprint density at radius 1 is 1.16 bits per heavy atom. The smallest absolute Gasteiger partial charge is 0.317 e. The number of aromatic nitrogens is 3. The minimum absolute atomic E-state index is 0.0694. The molecular weight excluding hydrogens is 499 g/mol. The Kier molecular flexibility index (Phi) is 8.22. The summed E-state index contributed by atoms with van der Waals surface area (Å²) in [6.45, 7) is 4.84. The minimum Gasteiger partial charge on any atom is -0.372 e. The minimum atomic E-state index is -3.07. The van der Waals surface area contributed by atoms with Crippen molar-refractivity contribution in [3.05, 3.63) is 42.5 Å². The molecule has 4 rings (SSSR count). The molecule has 0 spiro atoms. The maximum Gasteiger partial charge on any atom is 0.317 e. The molecule has 0 aliphatic carbocycles. The Bertz CT molecular complexity index is 1260. The molecule has 4 N–H and O–H groups in total. The lowest BCUT2D eigenvalue weighted by Crippen LogP contribution is -2.45. The molecule has 1 aliphatic rings. The quantitative estimate of drug-likeness (QED) is 0.312. The van der Waals surface area contributed by atoms with E-state index in [0.717, 1.165) is 48.0 Å². The highest BCUT2D eigenvalue weighted by Gasteiger charge is 2.27. The van der Waals surface area contributed by atoms with E-state index in [-0.39, 0.29) is 11.9 Å². The number of anilines is 1. The van der Waals surface area contributed by atoms with Gasteiger partial charge >= 0.3 is 6.03 Å². The zero-order valence-electron chi connectivity index (χ0n) is 20.9. The number of urea groups is 1. The monoisotopic (exact) mass is 531 g/mol. The predicted molar refractivity (Wildman–Crippen MR) is 142 cm³/mol. The molecule has 4 heterocycles. The lowest BCUT2D eigenvalue weighted by molar-refractivity contribution is -0.123. The Morgan fingerprint density at radius 3 is 2.62 bits per heavy atom. The fourth-order valence-corrected chi connectivity index (χ4v) is 4.39. The van der Waals surface area contributed by atoms with Crippen molar-refractivity contribution in [1.29, 1.82) is 0 Å². The Labute approximate surface area is 216 Å². The van der Waals surface area contributed by atoms with E-state index in [2.05, 4.69) is 30.9 Å². The molecule has 2 atom stereocenters. The molecule has 3 aromatic heterocycles. The first-order chi connectivity index (χ1) is 17.6. The van der Waals surface area contributed by atoms with Crippen LogP contribution >= 0.6 is 9.24 Å².